The molecule has 0 aromatic heterocycles. The zero-order chi connectivity index (χ0) is 14.5. The zero-order valence-electron chi connectivity index (χ0n) is 11.4. The maximum Gasteiger partial charge on any atom is 0.233 e. The van der Waals surface area contributed by atoms with Gasteiger partial charge in [-0.15, -0.1) is 0 Å². The molecule has 1 aliphatic rings. The van der Waals surface area contributed by atoms with Crippen LogP contribution in [0.1, 0.15) is 6.42 Å². The summed E-state index contributed by atoms with van der Waals surface area (Å²) in [4.78, 5) is 27.5. The number of hydrogen-bond acceptors (Lipinski definition) is 3. The predicted octanol–water partition coefficient (Wildman–Crippen LogP) is 0.928. The quantitative estimate of drug-likeness (QED) is 0.837. The van der Waals surface area contributed by atoms with E-state index < -0.39 is 0 Å². The van der Waals surface area contributed by atoms with Crippen LogP contribution in [-0.2, 0) is 9.59 Å². The van der Waals surface area contributed by atoms with Crippen molar-refractivity contribution < 1.29 is 14.0 Å². The molecule has 0 bridgehead atoms. The van der Waals surface area contributed by atoms with Gasteiger partial charge in [0.25, 0.3) is 0 Å². The van der Waals surface area contributed by atoms with Crippen LogP contribution < -0.4 is 5.32 Å². The molecule has 1 heterocycles. The van der Waals surface area contributed by atoms with Crippen molar-refractivity contribution in [1.29, 1.82) is 0 Å². The van der Waals surface area contributed by atoms with E-state index in [0.717, 1.165) is 13.1 Å². The Bertz CT molecular complexity index is 482. The molecule has 5 nitrogen and oxygen atoms in total. The second-order valence-corrected chi connectivity index (χ2v) is 4.92. The number of halogens is 1. The number of nitrogens with one attached hydrogen (secondary N) is 1. The highest BCUT2D eigenvalue weighted by atomic mass is 19.1. The molecule has 0 radical (unpaired) electrons. The number of hydrogen-bond donors (Lipinski definition) is 1. The number of anilines is 1. The number of piperazine rings is 1. The zero-order valence-corrected chi connectivity index (χ0v) is 11.4. The highest BCUT2D eigenvalue weighted by molar-refractivity contribution is 6.03. The summed E-state index contributed by atoms with van der Waals surface area (Å²) in [7, 11) is 2.00. The first-order chi connectivity index (χ1) is 9.54. The summed E-state index contributed by atoms with van der Waals surface area (Å²) in [6.07, 6.45) is -0.179. The van der Waals surface area contributed by atoms with Gasteiger partial charge in [0.05, 0.1) is 0 Å². The average molecular weight is 279 g/mol. The summed E-state index contributed by atoms with van der Waals surface area (Å²) in [5.74, 6) is -0.908. The fourth-order valence-electron chi connectivity index (χ4n) is 2.04. The van der Waals surface area contributed by atoms with Crippen LogP contribution >= 0.6 is 0 Å². The first-order valence-electron chi connectivity index (χ1n) is 6.56. The summed E-state index contributed by atoms with van der Waals surface area (Å²) in [5.41, 5.74) is 0.488. The van der Waals surface area contributed by atoms with E-state index in [2.05, 4.69) is 10.2 Å². The molecule has 0 unspecified atom stereocenters. The lowest BCUT2D eigenvalue weighted by Gasteiger charge is -2.32. The Morgan fingerprint density at radius 1 is 1.15 bits per heavy atom. The van der Waals surface area contributed by atoms with Crippen LogP contribution in [0.15, 0.2) is 24.3 Å². The third-order valence-corrected chi connectivity index (χ3v) is 3.30. The van der Waals surface area contributed by atoms with Crippen LogP contribution in [0, 0.1) is 5.82 Å². The molecule has 108 valence electrons. The molecule has 2 rings (SSSR count). The summed E-state index contributed by atoms with van der Waals surface area (Å²) in [6.45, 7) is 2.95. The second-order valence-electron chi connectivity index (χ2n) is 4.92. The molecule has 0 saturated carbocycles. The van der Waals surface area contributed by atoms with Crippen molar-refractivity contribution in [3.63, 3.8) is 0 Å². The smallest absolute Gasteiger partial charge is 0.233 e. The number of likely N-dealkylation sites (N-methyl/N-ethyl adjacent to an activating group) is 1. The first kappa shape index (κ1) is 14.5. The fraction of sp³-hybridized carbons (Fsp3) is 0.429. The third-order valence-electron chi connectivity index (χ3n) is 3.30. The van der Waals surface area contributed by atoms with Gasteiger partial charge in [0.15, 0.2) is 0 Å². The number of nitrogens with zero attached hydrogens (tertiary/aromatic N) is 2. The maximum atomic E-state index is 12.7. The number of carbonyl (C=O) groups excluding carboxylic acids is 2. The van der Waals surface area contributed by atoms with Crippen LogP contribution in [0.25, 0.3) is 0 Å². The van der Waals surface area contributed by atoms with E-state index in [1.807, 2.05) is 7.05 Å². The van der Waals surface area contributed by atoms with E-state index >= 15 is 0 Å². The van der Waals surface area contributed by atoms with Crippen LogP contribution in [0.3, 0.4) is 0 Å². The van der Waals surface area contributed by atoms with Crippen molar-refractivity contribution in [2.45, 2.75) is 6.42 Å². The van der Waals surface area contributed by atoms with Gasteiger partial charge in [-0.2, -0.15) is 0 Å². The average Bonchev–Trinajstić information content (AvgIpc) is 2.42. The van der Waals surface area contributed by atoms with Gasteiger partial charge in [-0.1, -0.05) is 0 Å². The molecular weight excluding hydrogens is 261 g/mol. The van der Waals surface area contributed by atoms with Gasteiger partial charge in [-0.3, -0.25) is 9.59 Å². The van der Waals surface area contributed by atoms with E-state index in [9.17, 15) is 14.0 Å². The molecule has 1 aliphatic heterocycles. The molecule has 1 saturated heterocycles. The normalized spacial score (nSPS) is 16.0. The largest absolute Gasteiger partial charge is 0.340 e. The second kappa shape index (κ2) is 6.47. The van der Waals surface area contributed by atoms with Gasteiger partial charge in [-0.25, -0.2) is 4.39 Å². The topological polar surface area (TPSA) is 52.7 Å². The number of rotatable bonds is 3. The third kappa shape index (κ3) is 4.03. The Kier molecular flexibility index (Phi) is 4.68. The molecule has 0 aliphatic carbocycles. The molecule has 6 heteroatoms. The van der Waals surface area contributed by atoms with Crippen LogP contribution in [-0.4, -0.2) is 54.8 Å². The molecule has 1 aromatic rings. The van der Waals surface area contributed by atoms with Gasteiger partial charge in [0, 0.05) is 31.9 Å². The van der Waals surface area contributed by atoms with Gasteiger partial charge in [0.1, 0.15) is 12.2 Å². The van der Waals surface area contributed by atoms with Gasteiger partial charge < -0.3 is 15.1 Å². The molecule has 0 atom stereocenters. The SMILES string of the molecule is CN1CCN(C(=O)CC(=O)Nc2ccc(F)cc2)CC1. The minimum atomic E-state index is -0.375. The lowest BCUT2D eigenvalue weighted by atomic mass is 10.2. The van der Waals surface area contributed by atoms with Crippen molar-refractivity contribution in [1.82, 2.24) is 9.80 Å². The number of carbonyl (C=O) groups is 2. The molecule has 0 spiro atoms. The monoisotopic (exact) mass is 279 g/mol. The first-order valence-corrected chi connectivity index (χ1v) is 6.56. The van der Waals surface area contributed by atoms with Crippen molar-refractivity contribution in [3.8, 4) is 0 Å². The summed E-state index contributed by atoms with van der Waals surface area (Å²) in [6, 6.07) is 5.46. The van der Waals surface area contributed by atoms with Crippen molar-refractivity contribution in [2.24, 2.45) is 0 Å². The Labute approximate surface area is 117 Å². The van der Waals surface area contributed by atoms with E-state index in [1.54, 1.807) is 4.90 Å². The van der Waals surface area contributed by atoms with E-state index in [4.69, 9.17) is 0 Å². The summed E-state index contributed by atoms with van der Waals surface area (Å²) >= 11 is 0. The van der Waals surface area contributed by atoms with Gasteiger partial charge >= 0.3 is 0 Å². The Morgan fingerprint density at radius 3 is 2.35 bits per heavy atom. The summed E-state index contributed by atoms with van der Waals surface area (Å²) in [5, 5.41) is 2.58. The van der Waals surface area contributed by atoms with E-state index in [1.165, 1.54) is 24.3 Å². The minimum absolute atomic E-state index is 0.169. The standard InChI is InChI=1S/C14H18FN3O2/c1-17-6-8-18(9-7-17)14(20)10-13(19)16-12-4-2-11(15)3-5-12/h2-5H,6-10H2,1H3,(H,16,19). The molecular formula is C14H18FN3O2. The minimum Gasteiger partial charge on any atom is -0.340 e. The van der Waals surface area contributed by atoms with Crippen molar-refractivity contribution in [2.75, 3.05) is 38.5 Å². The van der Waals surface area contributed by atoms with E-state index in [-0.39, 0.29) is 24.1 Å². The van der Waals surface area contributed by atoms with Crippen molar-refractivity contribution >= 4 is 17.5 Å². The molecule has 1 fully saturated rings. The molecule has 1 N–H and O–H groups in total. The fourth-order valence-corrected chi connectivity index (χ4v) is 2.04. The molecule has 1 aromatic carbocycles. The Morgan fingerprint density at radius 2 is 1.75 bits per heavy atom. The highest BCUT2D eigenvalue weighted by Crippen LogP contribution is 2.09. The lowest BCUT2D eigenvalue weighted by molar-refractivity contribution is -0.135. The number of benzene rings is 1. The van der Waals surface area contributed by atoms with Gasteiger partial charge in [0.2, 0.25) is 11.8 Å². The molecule has 20 heavy (non-hydrogen) atoms. The van der Waals surface area contributed by atoms with Crippen LogP contribution in [0.2, 0.25) is 0 Å². The Balaban J connectivity index is 1.82. The molecule has 2 amide bonds. The van der Waals surface area contributed by atoms with Crippen molar-refractivity contribution in [3.05, 3.63) is 30.1 Å². The van der Waals surface area contributed by atoms with E-state index in [0.29, 0.717) is 18.8 Å². The lowest BCUT2D eigenvalue weighted by Crippen LogP contribution is -2.47. The maximum absolute atomic E-state index is 12.7. The number of amides is 2. The predicted molar refractivity (Wildman–Crippen MR) is 73.7 cm³/mol. The van der Waals surface area contributed by atoms with Crippen LogP contribution in [0.5, 0.6) is 0 Å². The highest BCUT2D eigenvalue weighted by Gasteiger charge is 2.21. The summed E-state index contributed by atoms with van der Waals surface area (Å²) < 4.78 is 12.7. The van der Waals surface area contributed by atoms with Gasteiger partial charge in [-0.05, 0) is 31.3 Å². The van der Waals surface area contributed by atoms with Crippen LogP contribution in [0.4, 0.5) is 10.1 Å². The Hall–Kier alpha value is -1.95.